The van der Waals surface area contributed by atoms with Gasteiger partial charge in [-0.05, 0) is 30.5 Å². The Morgan fingerprint density at radius 3 is 2.52 bits per heavy atom. The van der Waals surface area contributed by atoms with Crippen LogP contribution in [0.3, 0.4) is 0 Å². The Labute approximate surface area is 141 Å². The van der Waals surface area contributed by atoms with Crippen LogP contribution in [0.1, 0.15) is 44.6 Å². The first-order valence-corrected chi connectivity index (χ1v) is 9.12. The fourth-order valence-electron chi connectivity index (χ4n) is 3.16. The third-order valence-corrected chi connectivity index (χ3v) is 5.48. The lowest BCUT2D eigenvalue weighted by molar-refractivity contribution is -0.544. The van der Waals surface area contributed by atoms with E-state index < -0.39 is 0 Å². The van der Waals surface area contributed by atoms with Gasteiger partial charge < -0.3 is 4.74 Å². The van der Waals surface area contributed by atoms with Crippen molar-refractivity contribution in [2.75, 3.05) is 12.4 Å². The molecule has 23 heavy (non-hydrogen) atoms. The highest BCUT2D eigenvalue weighted by atomic mass is 32.2. The molecule has 5 nitrogen and oxygen atoms in total. The molecule has 2 aliphatic rings. The fraction of sp³-hybridized carbons (Fsp3) is 0.588. The molecule has 3 rings (SSSR count). The number of amides is 1. The first kappa shape index (κ1) is 16.3. The molecule has 124 valence electrons. The van der Waals surface area contributed by atoms with Crippen LogP contribution in [0.4, 0.5) is 0 Å². The molecule has 0 radical (unpaired) electrons. The maximum absolute atomic E-state index is 11.6. The van der Waals surface area contributed by atoms with Crippen molar-refractivity contribution in [3.63, 3.8) is 0 Å². The number of carbonyl (C=O) groups excluding carboxylic acids is 1. The van der Waals surface area contributed by atoms with Crippen molar-refractivity contribution in [1.82, 2.24) is 5.01 Å². The Kier molecular flexibility index (Phi) is 4.90. The third kappa shape index (κ3) is 4.05. The average molecular weight is 335 g/mol. The van der Waals surface area contributed by atoms with Crippen molar-refractivity contribution in [2.45, 2.75) is 45.6 Å². The van der Waals surface area contributed by atoms with Crippen LogP contribution < -0.4 is 4.74 Å². The minimum atomic E-state index is -0.143. The fourth-order valence-corrected chi connectivity index (χ4v) is 3.82. The van der Waals surface area contributed by atoms with E-state index in [4.69, 9.17) is 4.74 Å². The smallest absolute Gasteiger partial charge is 0.300 e. The molecule has 6 heteroatoms. The molecular weight excluding hydrogens is 312 g/mol. The number of benzene rings is 1. The summed E-state index contributed by atoms with van der Waals surface area (Å²) in [5, 5.41) is 1.23. The van der Waals surface area contributed by atoms with Crippen LogP contribution in [0.2, 0.25) is 0 Å². The number of hydrogen-bond donors (Lipinski definition) is 0. The summed E-state index contributed by atoms with van der Waals surface area (Å²) in [5.74, 6) is 0.931. The van der Waals surface area contributed by atoms with E-state index in [1.54, 1.807) is 0 Å². The molecule has 0 N–H and O–H groups in total. The van der Waals surface area contributed by atoms with Crippen molar-refractivity contribution >= 4 is 17.9 Å². The van der Waals surface area contributed by atoms with Gasteiger partial charge in [0.1, 0.15) is 12.3 Å². The normalized spacial score (nSPS) is 20.8. The van der Waals surface area contributed by atoms with Gasteiger partial charge in [0.2, 0.25) is 4.27 Å². The summed E-state index contributed by atoms with van der Waals surface area (Å²) in [5.41, 5.74) is 1.22. The van der Waals surface area contributed by atoms with Crippen molar-refractivity contribution in [2.24, 2.45) is 5.41 Å². The van der Waals surface area contributed by atoms with E-state index in [-0.39, 0.29) is 11.7 Å². The first-order chi connectivity index (χ1) is 11.1. The van der Waals surface area contributed by atoms with E-state index in [0.717, 1.165) is 29.9 Å². The predicted molar refractivity (Wildman–Crippen MR) is 89.8 cm³/mol. The lowest BCUT2D eigenvalue weighted by Crippen LogP contribution is -2.29. The van der Waals surface area contributed by atoms with Gasteiger partial charge in [0, 0.05) is 5.41 Å². The number of ether oxygens (including phenoxy) is 1. The van der Waals surface area contributed by atoms with Crippen molar-refractivity contribution < 1.29 is 13.8 Å². The molecule has 1 aromatic carbocycles. The quantitative estimate of drug-likeness (QED) is 0.608. The summed E-state index contributed by atoms with van der Waals surface area (Å²) in [4.78, 5) is 23.1. The molecule has 1 saturated heterocycles. The van der Waals surface area contributed by atoms with Crippen LogP contribution in [0.15, 0.2) is 24.3 Å². The van der Waals surface area contributed by atoms with E-state index >= 15 is 0 Å². The third-order valence-electron chi connectivity index (χ3n) is 4.69. The molecule has 0 spiro atoms. The highest BCUT2D eigenvalue weighted by Crippen LogP contribution is 2.36. The zero-order valence-corrected chi connectivity index (χ0v) is 14.3. The molecule has 1 heterocycles. The average Bonchev–Trinajstić information content (AvgIpc) is 2.87. The first-order valence-electron chi connectivity index (χ1n) is 8.18. The molecule has 1 aromatic rings. The lowest BCUT2D eigenvalue weighted by atomic mass is 9.76. The van der Waals surface area contributed by atoms with Crippen LogP contribution >= 0.6 is 11.9 Å². The van der Waals surface area contributed by atoms with Crippen LogP contribution in [0.5, 0.6) is 5.75 Å². The van der Waals surface area contributed by atoms with E-state index in [0.29, 0.717) is 16.2 Å². The van der Waals surface area contributed by atoms with E-state index in [1.807, 2.05) is 24.3 Å². The zero-order valence-electron chi connectivity index (χ0n) is 13.5. The minimum absolute atomic E-state index is 0.143. The highest BCUT2D eigenvalue weighted by molar-refractivity contribution is 7.94. The second kappa shape index (κ2) is 6.91. The Morgan fingerprint density at radius 2 is 1.91 bits per heavy atom. The van der Waals surface area contributed by atoms with Gasteiger partial charge in [-0.25, -0.2) is 0 Å². The molecule has 2 fully saturated rings. The van der Waals surface area contributed by atoms with Crippen molar-refractivity contribution in [1.29, 1.82) is 0 Å². The number of carbonyl (C=O) groups is 1. The van der Waals surface area contributed by atoms with Gasteiger partial charge in [0.25, 0.3) is 17.9 Å². The summed E-state index contributed by atoms with van der Waals surface area (Å²) < 4.78 is 6.62. The number of hydrazine groups is 1. The molecule has 0 unspecified atom stereocenters. The molecule has 1 amide bonds. The molecule has 1 aliphatic heterocycles. The monoisotopic (exact) mass is 335 g/mol. The predicted octanol–water partition coefficient (Wildman–Crippen LogP) is 3.72. The number of nitrogens with zero attached hydrogens (tertiary/aromatic N) is 2. The Hall–Kier alpha value is -1.56. The molecule has 1 aliphatic carbocycles. The van der Waals surface area contributed by atoms with Gasteiger partial charge in [-0.1, -0.05) is 43.3 Å². The lowest BCUT2D eigenvalue weighted by Gasteiger charge is -2.33. The Bertz CT molecular complexity index is 566. The van der Waals surface area contributed by atoms with Crippen LogP contribution in [-0.2, 0) is 11.3 Å². The maximum atomic E-state index is 11.6. The summed E-state index contributed by atoms with van der Waals surface area (Å²) >= 11 is 0.989. The van der Waals surface area contributed by atoms with Crippen LogP contribution in [0.25, 0.3) is 0 Å². The Morgan fingerprint density at radius 1 is 1.22 bits per heavy atom. The SMILES string of the molecule is CC1(COc2ccc(CN3C(=O)CS[N+]3=O)cc2)CCCCC1. The van der Waals surface area contributed by atoms with Gasteiger partial charge in [-0.2, -0.15) is 0 Å². The van der Waals surface area contributed by atoms with Gasteiger partial charge >= 0.3 is 0 Å². The Balaban J connectivity index is 1.54. The van der Waals surface area contributed by atoms with Crippen molar-refractivity contribution in [3.8, 4) is 5.75 Å². The summed E-state index contributed by atoms with van der Waals surface area (Å²) in [6, 6.07) is 7.68. The maximum Gasteiger partial charge on any atom is 0.300 e. The van der Waals surface area contributed by atoms with Gasteiger partial charge in [0.15, 0.2) is 5.75 Å². The molecule has 1 saturated carbocycles. The second-order valence-corrected chi connectivity index (χ2v) is 7.63. The van der Waals surface area contributed by atoms with E-state index in [2.05, 4.69) is 6.92 Å². The topological polar surface area (TPSA) is 49.6 Å². The standard InChI is InChI=1S/C17H23N2O3S/c1-17(9-3-2-4-10-17)13-22-15-7-5-14(6-8-15)11-18-16(20)12-23-19(18)21/h5-8H,2-4,9-13H2,1H3/q+1. The molecular formula is C17H23N2O3S+. The van der Waals surface area contributed by atoms with E-state index in [9.17, 15) is 9.70 Å². The summed E-state index contributed by atoms with van der Waals surface area (Å²) in [6.07, 6.45) is 6.41. The van der Waals surface area contributed by atoms with E-state index in [1.165, 1.54) is 37.1 Å². The summed E-state index contributed by atoms with van der Waals surface area (Å²) in [6.45, 7) is 3.37. The van der Waals surface area contributed by atoms with Crippen molar-refractivity contribution in [3.05, 3.63) is 34.7 Å². The molecule has 0 atom stereocenters. The van der Waals surface area contributed by atoms with Gasteiger partial charge in [0.05, 0.1) is 11.5 Å². The van der Waals surface area contributed by atoms with Crippen LogP contribution in [0, 0.1) is 10.3 Å². The molecule has 0 bridgehead atoms. The molecule has 0 aromatic heterocycles. The van der Waals surface area contributed by atoms with Crippen LogP contribution in [-0.4, -0.2) is 27.6 Å². The van der Waals surface area contributed by atoms with Gasteiger partial charge in [-0.15, -0.1) is 0 Å². The highest BCUT2D eigenvalue weighted by Gasteiger charge is 2.39. The number of rotatable bonds is 5. The van der Waals surface area contributed by atoms with Gasteiger partial charge in [-0.3, -0.25) is 4.79 Å². The number of hydrogen-bond acceptors (Lipinski definition) is 4. The summed E-state index contributed by atoms with van der Waals surface area (Å²) in [7, 11) is 0. The largest absolute Gasteiger partial charge is 0.493 e. The number of nitroso groups, excluding NO2 is 1. The zero-order chi connectivity index (χ0) is 16.3. The second-order valence-electron chi connectivity index (χ2n) is 6.77. The minimum Gasteiger partial charge on any atom is -0.493 e.